The molecule has 4 aromatic rings. The van der Waals surface area contributed by atoms with Crippen LogP contribution in [0.25, 0.3) is 22.6 Å². The Bertz CT molecular complexity index is 1420. The van der Waals surface area contributed by atoms with E-state index >= 15 is 0 Å². The Balaban J connectivity index is 1.85. The van der Waals surface area contributed by atoms with Gasteiger partial charge in [0, 0.05) is 23.2 Å². The van der Waals surface area contributed by atoms with Crippen LogP contribution in [0.4, 0.5) is 30.7 Å². The van der Waals surface area contributed by atoms with Crippen molar-refractivity contribution in [3.8, 4) is 22.6 Å². The van der Waals surface area contributed by atoms with E-state index in [1.807, 2.05) is 0 Å². The van der Waals surface area contributed by atoms with E-state index in [1.54, 1.807) is 0 Å². The van der Waals surface area contributed by atoms with Gasteiger partial charge in [0.2, 0.25) is 11.9 Å². The normalized spacial score (nSPS) is 12.3. The average Bonchev–Trinajstić information content (AvgIpc) is 3.15. The summed E-state index contributed by atoms with van der Waals surface area (Å²) >= 11 is 0. The number of nitrogens with one attached hydrogen (secondary N) is 1. The Morgan fingerprint density at radius 3 is 1.89 bits per heavy atom. The zero-order valence-electron chi connectivity index (χ0n) is 18.5. The van der Waals surface area contributed by atoms with Gasteiger partial charge in [0.05, 0.1) is 39.6 Å². The number of hydrogen-bond acceptors (Lipinski definition) is 3. The third-order valence-electron chi connectivity index (χ3n) is 5.47. The Labute approximate surface area is 194 Å². The number of pyridine rings is 3. The quantitative estimate of drug-likeness (QED) is 0.253. The fourth-order valence-electron chi connectivity index (χ4n) is 3.65. The summed E-state index contributed by atoms with van der Waals surface area (Å²) < 4.78 is 97.0. The molecule has 0 saturated heterocycles. The van der Waals surface area contributed by atoms with Gasteiger partial charge in [0.25, 0.3) is 0 Å². The number of aromatic nitrogens is 4. The zero-order chi connectivity index (χ0) is 25.7. The number of halogens is 7. The second-order valence-electron chi connectivity index (χ2n) is 8.45. The van der Waals surface area contributed by atoms with Crippen LogP contribution >= 0.6 is 0 Å². The smallest absolute Gasteiger partial charge is 0.357 e. The first-order chi connectivity index (χ1) is 16.3. The van der Waals surface area contributed by atoms with Gasteiger partial charge in [-0.1, -0.05) is 0 Å². The van der Waals surface area contributed by atoms with Crippen LogP contribution in [0.3, 0.4) is 0 Å². The van der Waals surface area contributed by atoms with Crippen LogP contribution in [-0.2, 0) is 11.6 Å². The molecule has 4 aromatic heterocycles. The van der Waals surface area contributed by atoms with Gasteiger partial charge in [0.15, 0.2) is 0 Å². The first kappa shape index (κ1) is 24.4. The average molecular weight is 494 g/mol. The maximum atomic E-state index is 14.6. The van der Waals surface area contributed by atoms with Gasteiger partial charge in [-0.2, -0.15) is 26.9 Å². The molecule has 0 aliphatic heterocycles. The lowest BCUT2D eigenvalue weighted by atomic mass is 9.84. The van der Waals surface area contributed by atoms with Crippen molar-refractivity contribution >= 4 is 0 Å². The van der Waals surface area contributed by atoms with Crippen molar-refractivity contribution in [2.75, 3.05) is 0 Å². The number of alkyl halides is 3. The number of hydrogen-bond donors (Lipinski definition) is 1. The molecule has 0 aromatic carbocycles. The molecule has 0 fully saturated rings. The van der Waals surface area contributed by atoms with Gasteiger partial charge in [-0.3, -0.25) is 9.97 Å². The zero-order valence-corrected chi connectivity index (χ0v) is 18.5. The Morgan fingerprint density at radius 2 is 1.31 bits per heavy atom. The monoisotopic (exact) mass is 494 g/mol. The number of aryl methyl sites for hydroxylation is 1. The van der Waals surface area contributed by atoms with E-state index < -0.39 is 46.4 Å². The molecular weight excluding hydrogens is 477 g/mol. The molecule has 11 heteroatoms. The van der Waals surface area contributed by atoms with Crippen LogP contribution in [0, 0.1) is 30.5 Å². The molecule has 0 aliphatic carbocycles. The summed E-state index contributed by atoms with van der Waals surface area (Å²) in [5, 5.41) is 0. The highest BCUT2D eigenvalue weighted by atomic mass is 19.4. The number of rotatable bonds is 4. The first-order valence-corrected chi connectivity index (χ1v) is 10.2. The summed E-state index contributed by atoms with van der Waals surface area (Å²) in [7, 11) is 0. The van der Waals surface area contributed by atoms with Crippen LogP contribution in [-0.4, -0.2) is 19.9 Å². The minimum absolute atomic E-state index is 0.0148. The molecule has 4 nitrogen and oxygen atoms in total. The van der Waals surface area contributed by atoms with Crippen molar-refractivity contribution in [2.24, 2.45) is 0 Å². The summed E-state index contributed by atoms with van der Waals surface area (Å²) in [6.07, 6.45) is -4.71. The fraction of sp³-hybridized carbons (Fsp3) is 0.208. The first-order valence-electron chi connectivity index (χ1n) is 10.2. The van der Waals surface area contributed by atoms with E-state index in [1.165, 1.54) is 20.8 Å². The number of nitrogens with zero attached hydrogens (tertiary/aromatic N) is 3. The van der Waals surface area contributed by atoms with Crippen molar-refractivity contribution in [3.05, 3.63) is 88.6 Å². The lowest BCUT2D eigenvalue weighted by Gasteiger charge is -2.25. The molecular formula is C24H17F7N4. The van der Waals surface area contributed by atoms with Crippen LogP contribution in [0.1, 0.15) is 36.5 Å². The van der Waals surface area contributed by atoms with Crippen LogP contribution in [0.5, 0.6) is 0 Å². The molecule has 4 rings (SSSR count). The van der Waals surface area contributed by atoms with Gasteiger partial charge in [-0.25, -0.2) is 8.78 Å². The van der Waals surface area contributed by atoms with E-state index in [9.17, 15) is 30.7 Å². The number of H-pyrrole nitrogens is 1. The molecule has 0 spiro atoms. The summed E-state index contributed by atoms with van der Waals surface area (Å²) in [6, 6.07) is 6.60. The molecule has 182 valence electrons. The van der Waals surface area contributed by atoms with Crippen LogP contribution in [0.2, 0.25) is 0 Å². The van der Waals surface area contributed by atoms with Crippen molar-refractivity contribution in [2.45, 2.75) is 32.4 Å². The van der Waals surface area contributed by atoms with E-state index in [2.05, 4.69) is 19.9 Å². The Morgan fingerprint density at radius 1 is 0.743 bits per heavy atom. The molecule has 0 radical (unpaired) electrons. The molecule has 0 amide bonds. The lowest BCUT2D eigenvalue weighted by Crippen LogP contribution is -2.23. The second kappa shape index (κ2) is 8.47. The second-order valence-corrected chi connectivity index (χ2v) is 8.45. The SMILES string of the molecule is Cc1cc(C(F)(F)F)c(-c2cc(F)cc(C(C)(C)c3cc(F)cc(-c4ccc(F)nc4F)n3)n2)[nH]1. The molecule has 1 N–H and O–H groups in total. The predicted molar refractivity (Wildman–Crippen MR) is 113 cm³/mol. The van der Waals surface area contributed by atoms with Gasteiger partial charge >= 0.3 is 6.18 Å². The summed E-state index contributed by atoms with van der Waals surface area (Å²) in [6.45, 7) is 4.44. The summed E-state index contributed by atoms with van der Waals surface area (Å²) in [4.78, 5) is 14.1. The molecule has 0 aliphatic rings. The van der Waals surface area contributed by atoms with Crippen molar-refractivity contribution < 1.29 is 30.7 Å². The van der Waals surface area contributed by atoms with E-state index in [0.29, 0.717) is 0 Å². The molecule has 0 atom stereocenters. The molecule has 0 unspecified atom stereocenters. The Hall–Kier alpha value is -3.76. The largest absolute Gasteiger partial charge is 0.418 e. The van der Waals surface area contributed by atoms with Gasteiger partial charge < -0.3 is 4.98 Å². The van der Waals surface area contributed by atoms with E-state index in [0.717, 1.165) is 42.5 Å². The molecule has 4 heterocycles. The third kappa shape index (κ3) is 4.75. The maximum Gasteiger partial charge on any atom is 0.418 e. The van der Waals surface area contributed by atoms with E-state index in [4.69, 9.17) is 0 Å². The molecule has 0 bridgehead atoms. The highest BCUT2D eigenvalue weighted by molar-refractivity contribution is 5.62. The summed E-state index contributed by atoms with van der Waals surface area (Å²) in [5.41, 5.74) is -3.40. The van der Waals surface area contributed by atoms with Crippen LogP contribution < -0.4 is 0 Å². The van der Waals surface area contributed by atoms with Crippen molar-refractivity contribution in [1.82, 2.24) is 19.9 Å². The van der Waals surface area contributed by atoms with Crippen molar-refractivity contribution in [1.29, 1.82) is 0 Å². The molecule has 0 saturated carbocycles. The highest BCUT2D eigenvalue weighted by Gasteiger charge is 2.36. The molecule has 35 heavy (non-hydrogen) atoms. The topological polar surface area (TPSA) is 54.5 Å². The van der Waals surface area contributed by atoms with Gasteiger partial charge in [-0.05, 0) is 51.1 Å². The fourth-order valence-corrected chi connectivity index (χ4v) is 3.65. The predicted octanol–water partition coefficient (Wildman–Crippen LogP) is 6.74. The van der Waals surface area contributed by atoms with E-state index in [-0.39, 0.29) is 34.0 Å². The third-order valence-corrected chi connectivity index (χ3v) is 5.47. The van der Waals surface area contributed by atoms with Crippen LogP contribution in [0.15, 0.2) is 42.5 Å². The standard InChI is InChI=1S/C24H17F7N4/c1-11-6-15(24(29,30)31)21(32-11)17-8-13(26)10-19(34-17)23(2,3)18-9-12(25)7-16(33-18)14-4-5-20(27)35-22(14)28/h4-10,32H,1-3H3. The highest BCUT2D eigenvalue weighted by Crippen LogP contribution is 2.38. The van der Waals surface area contributed by atoms with Gasteiger partial charge in [0.1, 0.15) is 11.6 Å². The lowest BCUT2D eigenvalue weighted by molar-refractivity contribution is -0.137. The Kier molecular flexibility index (Phi) is 5.90. The maximum absolute atomic E-state index is 14.6. The summed E-state index contributed by atoms with van der Waals surface area (Å²) in [5.74, 6) is -3.97. The van der Waals surface area contributed by atoms with Crippen molar-refractivity contribution in [3.63, 3.8) is 0 Å². The van der Waals surface area contributed by atoms with Gasteiger partial charge in [-0.15, -0.1) is 0 Å². The minimum Gasteiger partial charge on any atom is -0.357 e. The number of aromatic amines is 1. The minimum atomic E-state index is -4.71.